The molecule has 1 unspecified atom stereocenters. The zero-order valence-electron chi connectivity index (χ0n) is 15.4. The van der Waals surface area contributed by atoms with E-state index in [2.05, 4.69) is 0 Å². The predicted octanol–water partition coefficient (Wildman–Crippen LogP) is 5.29. The van der Waals surface area contributed by atoms with Crippen molar-refractivity contribution in [3.05, 3.63) is 55.7 Å². The van der Waals surface area contributed by atoms with Gasteiger partial charge in [-0.2, -0.15) is 0 Å². The van der Waals surface area contributed by atoms with Crippen molar-refractivity contribution in [1.82, 2.24) is 0 Å². The number of halogens is 5. The first-order valence-electron chi connectivity index (χ1n) is 8.23. The number of hydrogen-bond acceptors (Lipinski definition) is 4. The number of hydrogen-bond donors (Lipinski definition) is 1. The van der Waals surface area contributed by atoms with Crippen LogP contribution in [0.15, 0.2) is 12.1 Å². The Bertz CT molecular complexity index is 994. The summed E-state index contributed by atoms with van der Waals surface area (Å²) in [5, 5.41) is 9.05. The van der Waals surface area contributed by atoms with Crippen LogP contribution < -0.4 is 9.47 Å². The average molecular weight is 526 g/mol. The molecule has 0 saturated heterocycles. The van der Waals surface area contributed by atoms with E-state index >= 15 is 0 Å². The lowest BCUT2D eigenvalue weighted by Gasteiger charge is -2.17. The van der Waals surface area contributed by atoms with Gasteiger partial charge in [0.15, 0.2) is 34.8 Å². The van der Waals surface area contributed by atoms with E-state index < -0.39 is 46.3 Å². The number of aromatic carboxylic acids is 1. The molecule has 29 heavy (non-hydrogen) atoms. The van der Waals surface area contributed by atoms with Gasteiger partial charge in [-0.15, -0.1) is 0 Å². The number of benzene rings is 2. The van der Waals surface area contributed by atoms with Gasteiger partial charge in [0.05, 0.1) is 10.7 Å². The smallest absolute Gasteiger partial charge is 0.347 e. The summed E-state index contributed by atoms with van der Waals surface area (Å²) in [4.78, 5) is 23.7. The lowest BCUT2D eigenvalue weighted by molar-refractivity contribution is 0.0654. The molecule has 0 amide bonds. The second kappa shape index (κ2) is 8.97. The molecule has 0 aliphatic rings. The van der Waals surface area contributed by atoms with E-state index in [0.29, 0.717) is 3.57 Å². The maximum atomic E-state index is 14.1. The van der Waals surface area contributed by atoms with Gasteiger partial charge in [-0.3, -0.25) is 0 Å². The highest BCUT2D eigenvalue weighted by Gasteiger charge is 2.34. The second-order valence-corrected chi connectivity index (χ2v) is 7.21. The van der Waals surface area contributed by atoms with E-state index in [0.717, 1.165) is 12.0 Å². The fourth-order valence-corrected chi connectivity index (χ4v) is 3.26. The molecule has 0 aliphatic carbocycles. The summed E-state index contributed by atoms with van der Waals surface area (Å²) < 4.78 is 65.5. The molecule has 0 fully saturated rings. The highest BCUT2D eigenvalue weighted by molar-refractivity contribution is 14.1. The minimum absolute atomic E-state index is 0.0703. The Labute approximate surface area is 176 Å². The van der Waals surface area contributed by atoms with Gasteiger partial charge in [0, 0.05) is 0 Å². The Hall–Kier alpha value is -2.37. The molecular weight excluding hydrogens is 511 g/mol. The average Bonchev–Trinajstić information content (AvgIpc) is 2.68. The number of esters is 1. The first kappa shape index (κ1) is 22.9. The zero-order valence-corrected chi connectivity index (χ0v) is 17.6. The van der Waals surface area contributed by atoms with Gasteiger partial charge in [-0.1, -0.05) is 13.8 Å². The first-order chi connectivity index (χ1) is 13.5. The maximum absolute atomic E-state index is 14.1. The number of rotatable bonds is 6. The molecular formula is C19H15F4IO5. The van der Waals surface area contributed by atoms with Crippen molar-refractivity contribution in [2.45, 2.75) is 26.2 Å². The Kier molecular flexibility index (Phi) is 7.09. The van der Waals surface area contributed by atoms with Crippen LogP contribution in [0.1, 0.15) is 52.5 Å². The number of carbonyl (C=O) groups excluding carboxylic acids is 1. The Morgan fingerprint density at radius 1 is 1.07 bits per heavy atom. The van der Waals surface area contributed by atoms with Crippen LogP contribution in [-0.4, -0.2) is 24.2 Å². The van der Waals surface area contributed by atoms with Gasteiger partial charge in [0.1, 0.15) is 11.1 Å². The molecule has 156 valence electrons. The van der Waals surface area contributed by atoms with E-state index in [-0.39, 0.29) is 17.4 Å². The Morgan fingerprint density at radius 3 is 2.10 bits per heavy atom. The fourth-order valence-electron chi connectivity index (χ4n) is 2.53. The normalized spacial score (nSPS) is 11.9. The third-order valence-corrected chi connectivity index (χ3v) is 5.11. The van der Waals surface area contributed by atoms with Crippen molar-refractivity contribution < 1.29 is 41.7 Å². The summed E-state index contributed by atoms with van der Waals surface area (Å²) in [5.41, 5.74) is -2.39. The molecule has 5 nitrogen and oxygen atoms in total. The van der Waals surface area contributed by atoms with Crippen molar-refractivity contribution >= 4 is 34.5 Å². The molecule has 0 aromatic heterocycles. The van der Waals surface area contributed by atoms with Gasteiger partial charge in [-0.05, 0) is 52.6 Å². The fraction of sp³-hybridized carbons (Fsp3) is 0.263. The summed E-state index contributed by atoms with van der Waals surface area (Å²) in [5.74, 6) is -12.9. The quantitative estimate of drug-likeness (QED) is 0.138. The molecule has 2 aromatic rings. The van der Waals surface area contributed by atoms with Gasteiger partial charge in [0.25, 0.3) is 0 Å². The summed E-state index contributed by atoms with van der Waals surface area (Å²) >= 11 is 1.81. The lowest BCUT2D eigenvalue weighted by atomic mass is 9.98. The summed E-state index contributed by atoms with van der Waals surface area (Å²) in [6, 6.07) is 3.24. The number of ether oxygens (including phenoxy) is 2. The number of carboxylic acid groups (broad SMARTS) is 1. The van der Waals surface area contributed by atoms with E-state index in [1.807, 2.05) is 36.4 Å². The third-order valence-electron chi connectivity index (χ3n) is 4.31. The number of carboxylic acids is 1. The van der Waals surface area contributed by atoms with Crippen LogP contribution in [0.25, 0.3) is 0 Å². The maximum Gasteiger partial charge on any atom is 0.347 e. The highest BCUT2D eigenvalue weighted by Crippen LogP contribution is 2.37. The van der Waals surface area contributed by atoms with E-state index in [9.17, 15) is 27.2 Å². The SMILES string of the molecule is CCC(C)c1cc(I)c(OC(=O)c2c(F)c(F)c(F)c(F)c2C(=O)O)c(OC)c1. The number of methoxy groups -OCH3 is 1. The van der Waals surface area contributed by atoms with E-state index in [1.54, 1.807) is 12.1 Å². The molecule has 0 heterocycles. The summed E-state index contributed by atoms with van der Waals surface area (Å²) in [6.45, 7) is 3.92. The first-order valence-corrected chi connectivity index (χ1v) is 9.31. The Balaban J connectivity index is 2.61. The van der Waals surface area contributed by atoms with Crippen LogP contribution >= 0.6 is 22.6 Å². The summed E-state index contributed by atoms with van der Waals surface area (Å²) in [6.07, 6.45) is 0.805. The highest BCUT2D eigenvalue weighted by atomic mass is 127. The van der Waals surface area contributed by atoms with Crippen LogP contribution in [0.3, 0.4) is 0 Å². The minimum atomic E-state index is -2.35. The van der Waals surface area contributed by atoms with Crippen molar-refractivity contribution in [2.75, 3.05) is 7.11 Å². The monoisotopic (exact) mass is 526 g/mol. The van der Waals surface area contributed by atoms with Gasteiger partial charge in [-0.25, -0.2) is 27.2 Å². The van der Waals surface area contributed by atoms with Crippen molar-refractivity contribution in [1.29, 1.82) is 0 Å². The number of carbonyl (C=O) groups is 2. The largest absolute Gasteiger partial charge is 0.493 e. The second-order valence-electron chi connectivity index (χ2n) is 6.04. The lowest BCUT2D eigenvalue weighted by Crippen LogP contribution is -2.21. The summed E-state index contributed by atoms with van der Waals surface area (Å²) in [7, 11) is 1.28. The van der Waals surface area contributed by atoms with Crippen LogP contribution in [0.5, 0.6) is 11.5 Å². The molecule has 1 N–H and O–H groups in total. The van der Waals surface area contributed by atoms with Gasteiger partial charge >= 0.3 is 11.9 Å². The molecule has 0 aliphatic heterocycles. The Morgan fingerprint density at radius 2 is 1.62 bits per heavy atom. The molecule has 2 rings (SSSR count). The van der Waals surface area contributed by atoms with Crippen molar-refractivity contribution in [3.8, 4) is 11.5 Å². The minimum Gasteiger partial charge on any atom is -0.493 e. The van der Waals surface area contributed by atoms with Crippen LogP contribution in [-0.2, 0) is 0 Å². The van der Waals surface area contributed by atoms with Crippen molar-refractivity contribution in [2.24, 2.45) is 0 Å². The third kappa shape index (κ3) is 4.31. The van der Waals surface area contributed by atoms with Gasteiger partial charge in [0.2, 0.25) is 0 Å². The van der Waals surface area contributed by atoms with Gasteiger partial charge < -0.3 is 14.6 Å². The standard InChI is InChI=1S/C19H15F4IO5/c1-4-7(2)8-5-9(24)17(10(6-8)28-3)29-19(27)12-11(18(25)26)13(20)15(22)16(23)14(12)21/h5-7H,4H2,1-3H3,(H,25,26). The van der Waals surface area contributed by atoms with Crippen molar-refractivity contribution in [3.63, 3.8) is 0 Å². The molecule has 0 spiro atoms. The zero-order chi connectivity index (χ0) is 22.0. The van der Waals surface area contributed by atoms with E-state index in [4.69, 9.17) is 14.6 Å². The predicted molar refractivity (Wildman–Crippen MR) is 103 cm³/mol. The molecule has 10 heteroatoms. The van der Waals surface area contributed by atoms with Crippen LogP contribution in [0.4, 0.5) is 17.6 Å². The molecule has 0 bridgehead atoms. The molecule has 1 atom stereocenters. The van der Waals surface area contributed by atoms with Crippen LogP contribution in [0.2, 0.25) is 0 Å². The topological polar surface area (TPSA) is 72.8 Å². The molecule has 2 aromatic carbocycles. The van der Waals surface area contributed by atoms with E-state index in [1.165, 1.54) is 7.11 Å². The molecule has 0 radical (unpaired) electrons. The molecule has 0 saturated carbocycles. The van der Waals surface area contributed by atoms with Crippen LogP contribution in [0, 0.1) is 26.8 Å².